The molecule has 0 saturated heterocycles. The maximum absolute atomic E-state index is 10.4. The van der Waals surface area contributed by atoms with Crippen LogP contribution in [0.4, 0.5) is 17.1 Å². The van der Waals surface area contributed by atoms with Gasteiger partial charge in [0.1, 0.15) is 10.1 Å². The van der Waals surface area contributed by atoms with Crippen LogP contribution in [0.15, 0.2) is 47.4 Å². The van der Waals surface area contributed by atoms with Crippen LogP contribution in [0.3, 0.4) is 0 Å². The molecule has 0 saturated carbocycles. The quantitative estimate of drug-likeness (QED) is 0.362. The molecule has 2 aromatic carbocycles. The molecule has 118 valence electrons. The van der Waals surface area contributed by atoms with E-state index < -0.39 is 15.0 Å². The Morgan fingerprint density at radius 1 is 1.14 bits per heavy atom. The summed E-state index contributed by atoms with van der Waals surface area (Å²) in [5.41, 5.74) is 10.5. The third-order valence-corrected chi connectivity index (χ3v) is 3.47. The number of nitrogens with zero attached hydrogens (tertiary/aromatic N) is 1. The molecule has 0 fully saturated rings. The van der Waals surface area contributed by atoms with Gasteiger partial charge < -0.3 is 16.0 Å². The van der Waals surface area contributed by atoms with Crippen LogP contribution in [0.25, 0.3) is 0 Å². The Balaban J connectivity index is 0.000000220. The zero-order valence-corrected chi connectivity index (χ0v) is 12.5. The van der Waals surface area contributed by atoms with E-state index in [-0.39, 0.29) is 10.6 Å². The van der Waals surface area contributed by atoms with Crippen LogP contribution in [0.2, 0.25) is 0 Å². The van der Waals surface area contributed by atoms with E-state index in [2.05, 4.69) is 5.73 Å². The fourth-order valence-electron chi connectivity index (χ4n) is 1.46. The van der Waals surface area contributed by atoms with E-state index in [1.165, 1.54) is 24.3 Å². The number of nitrogen functional groups attached to an aromatic ring is 1. The number of nitro benzene ring substituents is 1. The van der Waals surface area contributed by atoms with Crippen molar-refractivity contribution in [2.45, 2.75) is 11.8 Å². The van der Waals surface area contributed by atoms with Gasteiger partial charge in [-0.15, -0.1) is 0 Å². The number of hydrogen-bond donors (Lipinski definition) is 2. The second-order valence-electron chi connectivity index (χ2n) is 4.41. The molecule has 0 aliphatic heterocycles. The van der Waals surface area contributed by atoms with Gasteiger partial charge in [-0.05, 0) is 25.1 Å². The van der Waals surface area contributed by atoms with Crippen LogP contribution < -0.4 is 11.5 Å². The highest BCUT2D eigenvalue weighted by molar-refractivity contribution is 7.85. The molecule has 0 heterocycles. The first-order valence-electron chi connectivity index (χ1n) is 5.99. The summed E-state index contributed by atoms with van der Waals surface area (Å²) in [6.45, 7) is 1.82. The van der Waals surface area contributed by atoms with Crippen molar-refractivity contribution < 1.29 is 23.6 Å². The minimum absolute atomic E-state index is 0.0370. The van der Waals surface area contributed by atoms with Gasteiger partial charge in [0.05, 0.1) is 9.82 Å². The number of rotatable bonds is 2. The first-order valence-corrected chi connectivity index (χ1v) is 7.40. The molecule has 0 atom stereocenters. The summed E-state index contributed by atoms with van der Waals surface area (Å²) < 4.78 is 31.2. The summed E-state index contributed by atoms with van der Waals surface area (Å²) >= 11 is 0. The third-order valence-electron chi connectivity index (χ3n) is 2.62. The van der Waals surface area contributed by atoms with Crippen molar-refractivity contribution in [2.24, 2.45) is 0 Å². The maximum atomic E-state index is 10.4. The molecular formula is C13H15N3O5S. The van der Waals surface area contributed by atoms with Gasteiger partial charge in [0.25, 0.3) is 0 Å². The van der Waals surface area contributed by atoms with Crippen LogP contribution in [0, 0.1) is 17.0 Å². The van der Waals surface area contributed by atoms with Crippen molar-refractivity contribution in [3.8, 4) is 0 Å². The lowest BCUT2D eigenvalue weighted by Gasteiger charge is -2.05. The van der Waals surface area contributed by atoms with E-state index in [1.807, 2.05) is 6.92 Å². The molecule has 0 aliphatic carbocycles. The lowest BCUT2D eigenvalue weighted by molar-refractivity contribution is -0.395. The number of quaternary nitrogens is 1. The molecule has 2 rings (SSSR count). The Labute approximate surface area is 127 Å². The summed E-state index contributed by atoms with van der Waals surface area (Å²) in [4.78, 5) is 9.60. The predicted molar refractivity (Wildman–Crippen MR) is 79.2 cm³/mol. The second kappa shape index (κ2) is 6.98. The zero-order chi connectivity index (χ0) is 16.9. The van der Waals surface area contributed by atoms with Gasteiger partial charge in [-0.1, -0.05) is 17.7 Å². The van der Waals surface area contributed by atoms with Gasteiger partial charge in [-0.2, -0.15) is 0 Å². The average Bonchev–Trinajstić information content (AvgIpc) is 2.41. The molecule has 22 heavy (non-hydrogen) atoms. The molecule has 0 amide bonds. The van der Waals surface area contributed by atoms with E-state index >= 15 is 0 Å². The minimum atomic E-state index is -4.27. The molecule has 0 aromatic heterocycles. The number of anilines is 1. The topological polar surface area (TPSA) is 154 Å². The molecule has 0 radical (unpaired) electrons. The van der Waals surface area contributed by atoms with Crippen LogP contribution in [-0.4, -0.2) is 17.9 Å². The number of nitrogens with two attached hydrogens (primary N) is 1. The highest BCUT2D eigenvalue weighted by Gasteiger charge is 2.13. The molecule has 0 spiro atoms. The van der Waals surface area contributed by atoms with E-state index in [9.17, 15) is 23.1 Å². The normalized spacial score (nSPS) is 10.5. The number of aryl methyl sites for hydroxylation is 1. The summed E-state index contributed by atoms with van der Waals surface area (Å²) in [6, 6.07) is 10.2. The Morgan fingerprint density at radius 3 is 2.09 bits per heavy atom. The maximum Gasteiger partial charge on any atom is 0.331 e. The van der Waals surface area contributed by atoms with Crippen LogP contribution in [0.5, 0.6) is 0 Å². The molecule has 0 unspecified atom stereocenters. The van der Waals surface area contributed by atoms with Crippen LogP contribution in [0.1, 0.15) is 5.56 Å². The number of benzene rings is 2. The molecule has 8 nitrogen and oxygen atoms in total. The van der Waals surface area contributed by atoms with Gasteiger partial charge >= 0.3 is 5.69 Å². The Morgan fingerprint density at radius 2 is 1.68 bits per heavy atom. The molecule has 0 aliphatic rings. The first kappa shape index (κ1) is 17.6. The Kier molecular flexibility index (Phi) is 5.57. The van der Waals surface area contributed by atoms with Crippen molar-refractivity contribution in [2.75, 3.05) is 5.73 Å². The third kappa shape index (κ3) is 5.13. The highest BCUT2D eigenvalue weighted by atomic mass is 32.2. The van der Waals surface area contributed by atoms with E-state index in [0.29, 0.717) is 11.4 Å². The fourth-order valence-corrected chi connectivity index (χ4v) is 1.93. The predicted octanol–water partition coefficient (Wildman–Crippen LogP) is 0.950. The van der Waals surface area contributed by atoms with Crippen molar-refractivity contribution >= 4 is 27.2 Å². The molecule has 5 N–H and O–H groups in total. The fraction of sp³-hybridized carbons (Fsp3) is 0.0769. The molecule has 2 aromatic rings. The molecule has 0 bridgehead atoms. The standard InChI is InChI=1S/C7H8O3S.C6H7N3O2/c1-6-2-4-7(5-3-6)11(8,9)10;7-4-1-2-5(8)6(3-4)9(10)11/h2-5H,1H3,(H,8,9,10);1-3H,7-8H2. The van der Waals surface area contributed by atoms with E-state index in [4.69, 9.17) is 5.73 Å². The first-order chi connectivity index (χ1) is 10.1. The van der Waals surface area contributed by atoms with Gasteiger partial charge in [0.15, 0.2) is 0 Å². The summed E-state index contributed by atoms with van der Waals surface area (Å²) in [6.07, 6.45) is 0. The average molecular weight is 325 g/mol. The largest absolute Gasteiger partial charge is 0.744 e. The van der Waals surface area contributed by atoms with Crippen molar-refractivity contribution in [3.63, 3.8) is 0 Å². The molecule has 9 heteroatoms. The summed E-state index contributed by atoms with van der Waals surface area (Å²) in [5.74, 6) is 0. The highest BCUT2D eigenvalue weighted by Crippen LogP contribution is 2.21. The molecular weight excluding hydrogens is 310 g/mol. The zero-order valence-electron chi connectivity index (χ0n) is 11.7. The lowest BCUT2D eigenvalue weighted by Crippen LogP contribution is -2.40. The Bertz CT molecular complexity index is 773. The van der Waals surface area contributed by atoms with Gasteiger partial charge in [0, 0.05) is 17.8 Å². The van der Waals surface area contributed by atoms with Gasteiger partial charge in [-0.25, -0.2) is 8.42 Å². The van der Waals surface area contributed by atoms with Crippen molar-refractivity contribution in [3.05, 3.63) is 58.1 Å². The van der Waals surface area contributed by atoms with E-state index in [1.54, 1.807) is 18.2 Å². The van der Waals surface area contributed by atoms with Gasteiger partial charge in [-0.3, -0.25) is 10.1 Å². The van der Waals surface area contributed by atoms with Crippen molar-refractivity contribution in [1.82, 2.24) is 0 Å². The summed E-state index contributed by atoms with van der Waals surface area (Å²) in [7, 11) is -4.27. The van der Waals surface area contributed by atoms with Crippen LogP contribution >= 0.6 is 0 Å². The van der Waals surface area contributed by atoms with Gasteiger partial charge in [0.2, 0.25) is 5.69 Å². The minimum Gasteiger partial charge on any atom is -0.744 e. The monoisotopic (exact) mass is 325 g/mol. The number of nitro groups is 1. The van der Waals surface area contributed by atoms with E-state index in [0.717, 1.165) is 5.56 Å². The summed E-state index contributed by atoms with van der Waals surface area (Å²) in [5, 5.41) is 10.3. The smallest absolute Gasteiger partial charge is 0.331 e. The van der Waals surface area contributed by atoms with Crippen molar-refractivity contribution in [1.29, 1.82) is 0 Å². The van der Waals surface area contributed by atoms with Crippen LogP contribution in [-0.2, 0) is 10.1 Å². The SMILES string of the molecule is Cc1ccc(S(=O)(=O)[O-])cc1.Nc1ccc([NH3+])c([N+](=O)[O-])c1. The lowest BCUT2D eigenvalue weighted by atomic mass is 10.2. The Hall–Kier alpha value is -2.49. The second-order valence-corrected chi connectivity index (χ2v) is 5.79. The number of hydrogen-bond acceptors (Lipinski definition) is 6.